The molecule has 0 aromatic carbocycles. The molecule has 1 N–H and O–H groups in total. The van der Waals surface area contributed by atoms with Gasteiger partial charge in [0.2, 0.25) is 0 Å². The zero-order valence-corrected chi connectivity index (χ0v) is 9.90. The first-order valence-electron chi connectivity index (χ1n) is 5.95. The van der Waals surface area contributed by atoms with E-state index in [0.717, 1.165) is 18.2 Å². The predicted octanol–water partition coefficient (Wildman–Crippen LogP) is 2.26. The van der Waals surface area contributed by atoms with Gasteiger partial charge < -0.3 is 9.88 Å². The average molecular weight is 207 g/mol. The van der Waals surface area contributed by atoms with Gasteiger partial charge in [-0.05, 0) is 32.1 Å². The summed E-state index contributed by atoms with van der Waals surface area (Å²) >= 11 is 0. The number of aryl methyl sites for hydroxylation is 1. The smallest absolute Gasteiger partial charge is 0.125 e. The van der Waals surface area contributed by atoms with Crippen LogP contribution in [0, 0.1) is 5.92 Å². The fourth-order valence-corrected chi connectivity index (χ4v) is 2.14. The van der Waals surface area contributed by atoms with E-state index >= 15 is 0 Å². The van der Waals surface area contributed by atoms with Crippen molar-refractivity contribution in [2.24, 2.45) is 13.0 Å². The van der Waals surface area contributed by atoms with Crippen molar-refractivity contribution in [3.8, 4) is 0 Å². The standard InChI is InChI=1S/C12H21N3/c1-4-11(12-13-7-8-15(12)3)14-9(2)10-5-6-10/h7-11,14H,4-6H2,1-3H3. The first-order valence-corrected chi connectivity index (χ1v) is 5.95. The second-order valence-corrected chi connectivity index (χ2v) is 4.65. The molecular formula is C12H21N3. The van der Waals surface area contributed by atoms with Gasteiger partial charge in [0.15, 0.2) is 0 Å². The van der Waals surface area contributed by atoms with Gasteiger partial charge in [0.1, 0.15) is 5.82 Å². The summed E-state index contributed by atoms with van der Waals surface area (Å²) in [5, 5.41) is 3.69. The van der Waals surface area contributed by atoms with Crippen molar-refractivity contribution in [3.63, 3.8) is 0 Å². The molecule has 2 atom stereocenters. The highest BCUT2D eigenvalue weighted by Crippen LogP contribution is 2.33. The monoisotopic (exact) mass is 207 g/mol. The van der Waals surface area contributed by atoms with Crippen LogP contribution in [-0.4, -0.2) is 15.6 Å². The van der Waals surface area contributed by atoms with Crippen molar-refractivity contribution in [2.75, 3.05) is 0 Å². The molecule has 0 saturated heterocycles. The molecule has 0 bridgehead atoms. The Kier molecular flexibility index (Phi) is 3.10. The number of nitrogens with zero attached hydrogens (tertiary/aromatic N) is 2. The number of nitrogens with one attached hydrogen (secondary N) is 1. The van der Waals surface area contributed by atoms with Crippen LogP contribution in [-0.2, 0) is 7.05 Å². The van der Waals surface area contributed by atoms with Crippen LogP contribution in [0.25, 0.3) is 0 Å². The van der Waals surface area contributed by atoms with Gasteiger partial charge in [0, 0.05) is 25.5 Å². The van der Waals surface area contributed by atoms with Crippen molar-refractivity contribution in [1.29, 1.82) is 0 Å². The molecule has 1 heterocycles. The lowest BCUT2D eigenvalue weighted by molar-refractivity contribution is 0.395. The fraction of sp³-hybridized carbons (Fsp3) is 0.750. The SMILES string of the molecule is CCC(NC(C)C1CC1)c1nccn1C. The van der Waals surface area contributed by atoms with Crippen molar-refractivity contribution >= 4 is 0 Å². The molecule has 84 valence electrons. The lowest BCUT2D eigenvalue weighted by Gasteiger charge is -2.21. The summed E-state index contributed by atoms with van der Waals surface area (Å²) in [7, 11) is 2.06. The zero-order valence-electron chi connectivity index (χ0n) is 9.90. The Hall–Kier alpha value is -0.830. The van der Waals surface area contributed by atoms with Gasteiger partial charge in [-0.3, -0.25) is 0 Å². The van der Waals surface area contributed by atoms with Gasteiger partial charge in [-0.25, -0.2) is 4.98 Å². The molecule has 0 spiro atoms. The highest BCUT2D eigenvalue weighted by molar-refractivity contribution is 5.00. The van der Waals surface area contributed by atoms with Crippen molar-refractivity contribution in [2.45, 2.75) is 45.2 Å². The molecule has 1 aromatic heterocycles. The Balaban J connectivity index is 2.00. The number of hydrogen-bond acceptors (Lipinski definition) is 2. The minimum absolute atomic E-state index is 0.403. The third kappa shape index (κ3) is 2.40. The van der Waals surface area contributed by atoms with Crippen LogP contribution >= 0.6 is 0 Å². The van der Waals surface area contributed by atoms with Gasteiger partial charge >= 0.3 is 0 Å². The van der Waals surface area contributed by atoms with Crippen LogP contribution in [0.4, 0.5) is 0 Å². The first-order chi connectivity index (χ1) is 7.22. The maximum atomic E-state index is 4.42. The second kappa shape index (κ2) is 4.35. The van der Waals surface area contributed by atoms with Crippen LogP contribution < -0.4 is 5.32 Å². The lowest BCUT2D eigenvalue weighted by atomic mass is 10.1. The number of imidazole rings is 1. The highest BCUT2D eigenvalue weighted by Gasteiger charge is 2.29. The Bertz CT molecular complexity index is 314. The minimum atomic E-state index is 0.403. The molecule has 3 nitrogen and oxygen atoms in total. The molecule has 1 saturated carbocycles. The normalized spacial score (nSPS) is 20.2. The van der Waals surface area contributed by atoms with E-state index in [2.05, 4.69) is 35.8 Å². The van der Waals surface area contributed by atoms with Gasteiger partial charge in [0.05, 0.1) is 6.04 Å². The van der Waals surface area contributed by atoms with Crippen LogP contribution in [0.2, 0.25) is 0 Å². The summed E-state index contributed by atoms with van der Waals surface area (Å²) in [6.45, 7) is 4.51. The number of aromatic nitrogens is 2. The summed E-state index contributed by atoms with van der Waals surface area (Å²) in [5.74, 6) is 2.06. The molecule has 15 heavy (non-hydrogen) atoms. The molecule has 3 heteroatoms. The van der Waals surface area contributed by atoms with Gasteiger partial charge in [-0.2, -0.15) is 0 Å². The third-order valence-electron chi connectivity index (χ3n) is 3.37. The predicted molar refractivity (Wildman–Crippen MR) is 61.6 cm³/mol. The number of hydrogen-bond donors (Lipinski definition) is 1. The summed E-state index contributed by atoms with van der Waals surface area (Å²) in [4.78, 5) is 4.42. The Morgan fingerprint density at radius 1 is 1.60 bits per heavy atom. The van der Waals surface area contributed by atoms with E-state index in [-0.39, 0.29) is 0 Å². The molecule has 0 amide bonds. The Morgan fingerprint density at radius 2 is 2.33 bits per heavy atom. The summed E-state index contributed by atoms with van der Waals surface area (Å²) < 4.78 is 2.11. The largest absolute Gasteiger partial charge is 0.337 e. The van der Waals surface area contributed by atoms with E-state index in [4.69, 9.17) is 0 Å². The fourth-order valence-electron chi connectivity index (χ4n) is 2.14. The molecular weight excluding hydrogens is 186 g/mol. The first kappa shape index (κ1) is 10.7. The summed E-state index contributed by atoms with van der Waals surface area (Å²) in [6, 6.07) is 1.03. The molecule has 0 aliphatic heterocycles. The Labute approximate surface area is 91.9 Å². The average Bonchev–Trinajstić information content (AvgIpc) is 2.99. The quantitative estimate of drug-likeness (QED) is 0.802. The van der Waals surface area contributed by atoms with Crippen molar-refractivity contribution in [1.82, 2.24) is 14.9 Å². The highest BCUT2D eigenvalue weighted by atomic mass is 15.1. The van der Waals surface area contributed by atoms with Crippen LogP contribution in [0.3, 0.4) is 0 Å². The van der Waals surface area contributed by atoms with Gasteiger partial charge in [0.25, 0.3) is 0 Å². The molecule has 1 fully saturated rings. The van der Waals surface area contributed by atoms with E-state index in [9.17, 15) is 0 Å². The molecule has 1 aliphatic carbocycles. The van der Waals surface area contributed by atoms with E-state index in [1.807, 2.05) is 12.4 Å². The molecule has 1 aromatic rings. The summed E-state index contributed by atoms with van der Waals surface area (Å²) in [5.41, 5.74) is 0. The van der Waals surface area contributed by atoms with Crippen molar-refractivity contribution in [3.05, 3.63) is 18.2 Å². The van der Waals surface area contributed by atoms with E-state index in [1.165, 1.54) is 12.8 Å². The van der Waals surface area contributed by atoms with Crippen LogP contribution in [0.15, 0.2) is 12.4 Å². The van der Waals surface area contributed by atoms with Crippen molar-refractivity contribution < 1.29 is 0 Å². The van der Waals surface area contributed by atoms with Crippen LogP contribution in [0.5, 0.6) is 0 Å². The Morgan fingerprint density at radius 3 is 2.80 bits per heavy atom. The molecule has 0 radical (unpaired) electrons. The maximum absolute atomic E-state index is 4.42. The van der Waals surface area contributed by atoms with E-state index in [1.54, 1.807) is 0 Å². The molecule has 2 unspecified atom stereocenters. The second-order valence-electron chi connectivity index (χ2n) is 4.65. The molecule has 2 rings (SSSR count). The van der Waals surface area contributed by atoms with E-state index < -0.39 is 0 Å². The minimum Gasteiger partial charge on any atom is -0.337 e. The third-order valence-corrected chi connectivity index (χ3v) is 3.37. The van der Waals surface area contributed by atoms with Crippen LogP contribution in [0.1, 0.15) is 45.0 Å². The van der Waals surface area contributed by atoms with Gasteiger partial charge in [-0.15, -0.1) is 0 Å². The lowest BCUT2D eigenvalue weighted by Crippen LogP contribution is -2.33. The maximum Gasteiger partial charge on any atom is 0.125 e. The summed E-state index contributed by atoms with van der Waals surface area (Å²) in [6.07, 6.45) is 7.78. The molecule has 1 aliphatic rings. The van der Waals surface area contributed by atoms with Gasteiger partial charge in [-0.1, -0.05) is 6.92 Å². The van der Waals surface area contributed by atoms with E-state index in [0.29, 0.717) is 12.1 Å². The zero-order chi connectivity index (χ0) is 10.8. The topological polar surface area (TPSA) is 29.9 Å². The number of rotatable bonds is 5.